The van der Waals surface area contributed by atoms with Gasteiger partial charge in [-0.2, -0.15) is 0 Å². The maximum absolute atomic E-state index is 9.88. The van der Waals surface area contributed by atoms with Crippen LogP contribution < -0.4 is 24.0 Å². The minimum absolute atomic E-state index is 0. The summed E-state index contributed by atoms with van der Waals surface area (Å²) in [5.41, 5.74) is 0. The predicted molar refractivity (Wildman–Crippen MR) is 28.6 cm³/mol. The fourth-order valence-corrected chi connectivity index (χ4v) is 0.791. The number of aliphatic carboxylic acids is 1. The standard InChI is InChI=1S/C6H10O3.Li/c7-6(8)2-1-5-3-4-9-5;/h5H,1-4H2,(H,7,8);/q;+1/p-1. The molecular formula is C6H9LiO3. The first kappa shape index (κ1) is 10.0. The van der Waals surface area contributed by atoms with Gasteiger partial charge in [0.25, 0.3) is 0 Å². The first-order valence-electron chi connectivity index (χ1n) is 3.10. The molecule has 0 bridgehead atoms. The molecule has 0 aromatic rings. The number of ether oxygens (including phenoxy) is 1. The van der Waals surface area contributed by atoms with Gasteiger partial charge in [0, 0.05) is 12.6 Å². The summed E-state index contributed by atoms with van der Waals surface area (Å²) in [6.45, 7) is 0.789. The normalized spacial score (nSPS) is 22.6. The molecule has 52 valence electrons. The summed E-state index contributed by atoms with van der Waals surface area (Å²) >= 11 is 0. The quantitative estimate of drug-likeness (QED) is 0.375. The fraction of sp³-hybridized carbons (Fsp3) is 0.833. The molecule has 1 heterocycles. The van der Waals surface area contributed by atoms with Crippen LogP contribution in [0.4, 0.5) is 0 Å². The van der Waals surface area contributed by atoms with E-state index in [-0.39, 0.29) is 31.4 Å². The molecule has 1 aliphatic heterocycles. The third-order valence-electron chi connectivity index (χ3n) is 1.46. The van der Waals surface area contributed by atoms with Crippen LogP contribution >= 0.6 is 0 Å². The first-order chi connectivity index (χ1) is 4.29. The summed E-state index contributed by atoms with van der Waals surface area (Å²) in [5.74, 6) is -0.981. The summed E-state index contributed by atoms with van der Waals surface area (Å²) in [6.07, 6.45) is 1.95. The minimum atomic E-state index is -0.981. The van der Waals surface area contributed by atoms with E-state index in [1.807, 2.05) is 0 Å². The van der Waals surface area contributed by atoms with Crippen LogP contribution in [0.15, 0.2) is 0 Å². The Morgan fingerprint density at radius 2 is 2.30 bits per heavy atom. The smallest absolute Gasteiger partial charge is 0.550 e. The van der Waals surface area contributed by atoms with Crippen LogP contribution in [0.2, 0.25) is 0 Å². The number of carboxylic acid groups (broad SMARTS) is 1. The first-order valence-corrected chi connectivity index (χ1v) is 3.10. The van der Waals surface area contributed by atoms with E-state index in [0.29, 0.717) is 6.42 Å². The Hall–Kier alpha value is 0.0274. The molecule has 0 aliphatic carbocycles. The molecule has 0 saturated carbocycles. The molecule has 1 fully saturated rings. The van der Waals surface area contributed by atoms with Crippen molar-refractivity contribution in [1.29, 1.82) is 0 Å². The van der Waals surface area contributed by atoms with Gasteiger partial charge >= 0.3 is 18.9 Å². The third-order valence-corrected chi connectivity index (χ3v) is 1.46. The largest absolute Gasteiger partial charge is 1.00 e. The van der Waals surface area contributed by atoms with Crippen molar-refractivity contribution < 1.29 is 33.5 Å². The van der Waals surface area contributed by atoms with E-state index in [4.69, 9.17) is 4.74 Å². The molecule has 4 heteroatoms. The number of carboxylic acids is 1. The van der Waals surface area contributed by atoms with Crippen molar-refractivity contribution in [3.05, 3.63) is 0 Å². The van der Waals surface area contributed by atoms with E-state index in [2.05, 4.69) is 0 Å². The van der Waals surface area contributed by atoms with Crippen molar-refractivity contribution in [1.82, 2.24) is 0 Å². The molecule has 0 amide bonds. The summed E-state index contributed by atoms with van der Waals surface area (Å²) in [5, 5.41) is 9.88. The van der Waals surface area contributed by atoms with E-state index in [9.17, 15) is 9.90 Å². The van der Waals surface area contributed by atoms with Gasteiger partial charge in [0.05, 0.1) is 6.10 Å². The third kappa shape index (κ3) is 3.26. The van der Waals surface area contributed by atoms with Gasteiger partial charge < -0.3 is 14.6 Å². The monoisotopic (exact) mass is 136 g/mol. The second-order valence-corrected chi connectivity index (χ2v) is 2.19. The molecule has 0 aromatic heterocycles. The van der Waals surface area contributed by atoms with Crippen LogP contribution in [-0.4, -0.2) is 18.7 Å². The Balaban J connectivity index is 0.000000810. The molecule has 0 aromatic carbocycles. The van der Waals surface area contributed by atoms with Crippen LogP contribution in [0.5, 0.6) is 0 Å². The summed E-state index contributed by atoms with van der Waals surface area (Å²) in [4.78, 5) is 9.88. The van der Waals surface area contributed by atoms with Gasteiger partial charge in [0.2, 0.25) is 0 Å². The molecule has 0 N–H and O–H groups in total. The van der Waals surface area contributed by atoms with Crippen LogP contribution in [0, 0.1) is 0 Å². The van der Waals surface area contributed by atoms with Crippen molar-refractivity contribution in [2.75, 3.05) is 6.61 Å². The summed E-state index contributed by atoms with van der Waals surface area (Å²) < 4.78 is 4.99. The van der Waals surface area contributed by atoms with E-state index in [0.717, 1.165) is 13.0 Å². The zero-order valence-corrected chi connectivity index (χ0v) is 6.13. The van der Waals surface area contributed by atoms with Crippen molar-refractivity contribution in [3.63, 3.8) is 0 Å². The Bertz CT molecular complexity index is 112. The van der Waals surface area contributed by atoms with Gasteiger partial charge in [-0.15, -0.1) is 0 Å². The molecule has 1 unspecified atom stereocenters. The summed E-state index contributed by atoms with van der Waals surface area (Å²) in [6, 6.07) is 0. The molecule has 3 nitrogen and oxygen atoms in total. The molecule has 1 atom stereocenters. The van der Waals surface area contributed by atoms with Gasteiger partial charge in [-0.1, -0.05) is 0 Å². The Labute approximate surface area is 71.9 Å². The van der Waals surface area contributed by atoms with Gasteiger partial charge in [0.15, 0.2) is 0 Å². The van der Waals surface area contributed by atoms with E-state index in [1.54, 1.807) is 0 Å². The van der Waals surface area contributed by atoms with Gasteiger partial charge in [-0.3, -0.25) is 0 Å². The van der Waals surface area contributed by atoms with Crippen molar-refractivity contribution >= 4 is 5.97 Å². The van der Waals surface area contributed by atoms with Crippen molar-refractivity contribution in [2.45, 2.75) is 25.4 Å². The van der Waals surface area contributed by atoms with Crippen LogP contribution in [0.3, 0.4) is 0 Å². The SMILES string of the molecule is O=C([O-])CCC1CCO1.[Li+]. The molecule has 0 spiro atoms. The Kier molecular flexibility index (Phi) is 4.80. The van der Waals surface area contributed by atoms with E-state index >= 15 is 0 Å². The molecule has 1 rings (SSSR count). The Morgan fingerprint density at radius 1 is 1.70 bits per heavy atom. The van der Waals surface area contributed by atoms with Crippen molar-refractivity contribution in [3.8, 4) is 0 Å². The molecule has 1 aliphatic rings. The molecule has 10 heavy (non-hydrogen) atoms. The molecule has 1 saturated heterocycles. The maximum atomic E-state index is 9.88. The Morgan fingerprint density at radius 3 is 2.60 bits per heavy atom. The molecular weight excluding hydrogens is 127 g/mol. The number of carbonyl (C=O) groups is 1. The average molecular weight is 136 g/mol. The maximum Gasteiger partial charge on any atom is 1.00 e. The summed E-state index contributed by atoms with van der Waals surface area (Å²) in [7, 11) is 0. The fourth-order valence-electron chi connectivity index (χ4n) is 0.791. The second-order valence-electron chi connectivity index (χ2n) is 2.19. The van der Waals surface area contributed by atoms with Gasteiger partial charge in [0.1, 0.15) is 0 Å². The van der Waals surface area contributed by atoms with Gasteiger partial charge in [-0.25, -0.2) is 0 Å². The zero-order valence-electron chi connectivity index (χ0n) is 6.13. The van der Waals surface area contributed by atoms with Gasteiger partial charge in [-0.05, 0) is 19.3 Å². The van der Waals surface area contributed by atoms with E-state index in [1.165, 1.54) is 0 Å². The molecule has 0 radical (unpaired) electrons. The minimum Gasteiger partial charge on any atom is -0.550 e. The number of rotatable bonds is 3. The average Bonchev–Trinajstić information content (AvgIpc) is 1.60. The van der Waals surface area contributed by atoms with E-state index < -0.39 is 5.97 Å². The van der Waals surface area contributed by atoms with Crippen molar-refractivity contribution in [2.24, 2.45) is 0 Å². The number of carbonyl (C=O) groups excluding carboxylic acids is 1. The number of hydrogen-bond acceptors (Lipinski definition) is 3. The van der Waals surface area contributed by atoms with Crippen LogP contribution in [-0.2, 0) is 9.53 Å². The predicted octanol–water partition coefficient (Wildman–Crippen LogP) is -3.69. The van der Waals surface area contributed by atoms with Crippen LogP contribution in [0.1, 0.15) is 19.3 Å². The number of hydrogen-bond donors (Lipinski definition) is 0. The zero-order chi connectivity index (χ0) is 6.69. The second kappa shape index (κ2) is 4.78. The van der Waals surface area contributed by atoms with Crippen LogP contribution in [0.25, 0.3) is 0 Å². The topological polar surface area (TPSA) is 49.4 Å².